The smallest absolute Gasteiger partial charge is 0.239 e. The summed E-state index contributed by atoms with van der Waals surface area (Å²) in [5.74, 6) is -0.0782. The van der Waals surface area contributed by atoms with Crippen LogP contribution in [0.2, 0.25) is 15.1 Å². The molecule has 1 aromatic carbocycles. The molecule has 0 radical (unpaired) electrons. The maximum Gasteiger partial charge on any atom is 0.239 e. The van der Waals surface area contributed by atoms with Gasteiger partial charge in [-0.1, -0.05) is 48.1 Å². The van der Waals surface area contributed by atoms with Crippen molar-refractivity contribution >= 4 is 46.4 Å². The number of carbonyl (C=O) groups is 1. The zero-order valence-corrected chi connectivity index (χ0v) is 12.3. The second-order valence-corrected chi connectivity index (χ2v) is 5.02. The van der Waals surface area contributed by atoms with E-state index in [0.717, 1.165) is 12.8 Å². The summed E-state index contributed by atoms with van der Waals surface area (Å²) in [6.07, 6.45) is 2.02. The first-order chi connectivity index (χ1) is 8.54. The number of rotatable bonds is 6. The van der Waals surface area contributed by atoms with Gasteiger partial charge in [-0.3, -0.25) is 4.79 Å². The van der Waals surface area contributed by atoms with E-state index in [9.17, 15) is 4.79 Å². The lowest BCUT2D eigenvalue weighted by molar-refractivity contribution is -0.119. The lowest BCUT2D eigenvalue weighted by Crippen LogP contribution is -2.30. The van der Waals surface area contributed by atoms with Crippen LogP contribution in [0.1, 0.15) is 19.8 Å². The number of carbonyl (C=O) groups excluding carboxylic acids is 1. The molecule has 100 valence electrons. The van der Waals surface area contributed by atoms with E-state index < -0.39 is 0 Å². The molecule has 0 aliphatic carbocycles. The molecule has 0 saturated carbocycles. The Labute approximate surface area is 122 Å². The van der Waals surface area contributed by atoms with E-state index in [0.29, 0.717) is 27.3 Å². The molecular weight excluding hydrogens is 295 g/mol. The summed E-state index contributed by atoms with van der Waals surface area (Å²) in [5.41, 5.74) is 0.594. The molecule has 0 bridgehead atoms. The van der Waals surface area contributed by atoms with Gasteiger partial charge in [-0.05, 0) is 18.6 Å². The minimum atomic E-state index is -0.0782. The Morgan fingerprint density at radius 1 is 1.17 bits per heavy atom. The maximum absolute atomic E-state index is 11.5. The van der Waals surface area contributed by atoms with E-state index in [1.807, 2.05) is 0 Å². The molecule has 1 amide bonds. The first-order valence-electron chi connectivity index (χ1n) is 5.69. The van der Waals surface area contributed by atoms with Crippen molar-refractivity contribution < 1.29 is 4.79 Å². The van der Waals surface area contributed by atoms with Gasteiger partial charge < -0.3 is 10.6 Å². The van der Waals surface area contributed by atoms with Gasteiger partial charge in [0.05, 0.1) is 27.3 Å². The molecule has 0 saturated heterocycles. The Balaban J connectivity index is 2.48. The number of unbranched alkanes of at least 4 members (excludes halogenated alkanes) is 1. The summed E-state index contributed by atoms with van der Waals surface area (Å²) in [7, 11) is 0. The number of anilines is 1. The van der Waals surface area contributed by atoms with Crippen LogP contribution in [0.4, 0.5) is 5.69 Å². The van der Waals surface area contributed by atoms with Gasteiger partial charge in [0.1, 0.15) is 0 Å². The molecule has 1 rings (SSSR count). The number of amides is 1. The Morgan fingerprint density at radius 2 is 1.83 bits per heavy atom. The third kappa shape index (κ3) is 4.92. The summed E-state index contributed by atoms with van der Waals surface area (Å²) >= 11 is 17.7. The van der Waals surface area contributed by atoms with Crippen LogP contribution in [0.5, 0.6) is 0 Å². The second kappa shape index (κ2) is 7.72. The second-order valence-electron chi connectivity index (χ2n) is 3.80. The fourth-order valence-corrected chi connectivity index (χ4v) is 1.91. The van der Waals surface area contributed by atoms with Crippen LogP contribution >= 0.6 is 34.8 Å². The Morgan fingerprint density at radius 3 is 2.50 bits per heavy atom. The average Bonchev–Trinajstić information content (AvgIpc) is 2.32. The molecule has 1 aromatic rings. The van der Waals surface area contributed by atoms with Crippen molar-refractivity contribution in [2.75, 3.05) is 18.4 Å². The molecule has 3 nitrogen and oxygen atoms in total. The monoisotopic (exact) mass is 308 g/mol. The molecule has 0 fully saturated rings. The standard InChI is InChI=1S/C12H15Cl3N2O/c1-2-3-4-16-12(18)7-17-11-6-9(14)8(13)5-10(11)15/h5-6,17H,2-4,7H2,1H3,(H,16,18). The largest absolute Gasteiger partial charge is 0.375 e. The highest BCUT2D eigenvalue weighted by Crippen LogP contribution is 2.31. The molecule has 6 heteroatoms. The highest BCUT2D eigenvalue weighted by molar-refractivity contribution is 6.44. The van der Waals surface area contributed by atoms with Crippen LogP contribution in [0.3, 0.4) is 0 Å². The first-order valence-corrected chi connectivity index (χ1v) is 6.83. The van der Waals surface area contributed by atoms with Crippen molar-refractivity contribution in [1.82, 2.24) is 5.32 Å². The average molecular weight is 310 g/mol. The Bertz CT molecular complexity index is 424. The van der Waals surface area contributed by atoms with E-state index >= 15 is 0 Å². The van der Waals surface area contributed by atoms with Crippen molar-refractivity contribution in [2.45, 2.75) is 19.8 Å². The maximum atomic E-state index is 11.5. The predicted octanol–water partition coefficient (Wildman–Crippen LogP) is 3.98. The van der Waals surface area contributed by atoms with Crippen molar-refractivity contribution in [3.8, 4) is 0 Å². The van der Waals surface area contributed by atoms with Gasteiger partial charge in [0.2, 0.25) is 5.91 Å². The third-order valence-electron chi connectivity index (χ3n) is 2.30. The van der Waals surface area contributed by atoms with Crippen LogP contribution in [0.15, 0.2) is 12.1 Å². The quantitative estimate of drug-likeness (QED) is 0.616. The molecule has 0 aliphatic rings. The van der Waals surface area contributed by atoms with E-state index in [2.05, 4.69) is 17.6 Å². The van der Waals surface area contributed by atoms with Gasteiger partial charge >= 0.3 is 0 Å². The van der Waals surface area contributed by atoms with E-state index in [1.165, 1.54) is 0 Å². The first kappa shape index (κ1) is 15.4. The van der Waals surface area contributed by atoms with E-state index in [4.69, 9.17) is 34.8 Å². The van der Waals surface area contributed by atoms with Gasteiger partial charge in [0, 0.05) is 6.54 Å². The summed E-state index contributed by atoms with van der Waals surface area (Å²) in [6, 6.07) is 3.15. The minimum Gasteiger partial charge on any atom is -0.375 e. The molecule has 0 aliphatic heterocycles. The molecule has 0 heterocycles. The number of halogens is 3. The van der Waals surface area contributed by atoms with Gasteiger partial charge in [0.25, 0.3) is 0 Å². The van der Waals surface area contributed by atoms with Crippen LogP contribution in [-0.2, 0) is 4.79 Å². The SMILES string of the molecule is CCCCNC(=O)CNc1cc(Cl)c(Cl)cc1Cl. The fraction of sp³-hybridized carbons (Fsp3) is 0.417. The van der Waals surface area contributed by atoms with Gasteiger partial charge in [0.15, 0.2) is 0 Å². The van der Waals surface area contributed by atoms with Crippen LogP contribution in [-0.4, -0.2) is 19.0 Å². The van der Waals surface area contributed by atoms with Crippen LogP contribution in [0, 0.1) is 0 Å². The number of hydrogen-bond acceptors (Lipinski definition) is 2. The Kier molecular flexibility index (Phi) is 6.61. The number of benzene rings is 1. The van der Waals surface area contributed by atoms with Crippen molar-refractivity contribution in [3.05, 3.63) is 27.2 Å². The highest BCUT2D eigenvalue weighted by atomic mass is 35.5. The van der Waals surface area contributed by atoms with E-state index in [1.54, 1.807) is 12.1 Å². The summed E-state index contributed by atoms with van der Waals surface area (Å²) < 4.78 is 0. The molecule has 0 spiro atoms. The van der Waals surface area contributed by atoms with E-state index in [-0.39, 0.29) is 12.5 Å². The zero-order chi connectivity index (χ0) is 13.5. The normalized spacial score (nSPS) is 10.2. The third-order valence-corrected chi connectivity index (χ3v) is 3.34. The van der Waals surface area contributed by atoms with Crippen LogP contribution in [0.25, 0.3) is 0 Å². The fourth-order valence-electron chi connectivity index (χ4n) is 1.30. The number of hydrogen-bond donors (Lipinski definition) is 2. The van der Waals surface area contributed by atoms with Crippen molar-refractivity contribution in [1.29, 1.82) is 0 Å². The topological polar surface area (TPSA) is 41.1 Å². The van der Waals surface area contributed by atoms with Crippen molar-refractivity contribution in [3.63, 3.8) is 0 Å². The molecule has 18 heavy (non-hydrogen) atoms. The molecule has 0 aromatic heterocycles. The minimum absolute atomic E-state index is 0.0782. The lowest BCUT2D eigenvalue weighted by atomic mass is 10.3. The summed E-state index contributed by atoms with van der Waals surface area (Å²) in [6.45, 7) is 2.91. The lowest BCUT2D eigenvalue weighted by Gasteiger charge is -2.10. The van der Waals surface area contributed by atoms with Crippen molar-refractivity contribution in [2.24, 2.45) is 0 Å². The summed E-state index contributed by atoms with van der Waals surface area (Å²) in [4.78, 5) is 11.5. The van der Waals surface area contributed by atoms with Gasteiger partial charge in [-0.15, -0.1) is 0 Å². The predicted molar refractivity (Wildman–Crippen MR) is 77.9 cm³/mol. The molecular formula is C12H15Cl3N2O. The van der Waals surface area contributed by atoms with Gasteiger partial charge in [-0.25, -0.2) is 0 Å². The van der Waals surface area contributed by atoms with Gasteiger partial charge in [-0.2, -0.15) is 0 Å². The molecule has 2 N–H and O–H groups in total. The summed E-state index contributed by atoms with van der Waals surface area (Å²) in [5, 5.41) is 6.94. The zero-order valence-electron chi connectivity index (χ0n) is 10.0. The highest BCUT2D eigenvalue weighted by Gasteiger charge is 2.07. The molecule has 0 unspecified atom stereocenters. The Hall–Kier alpha value is -0.640. The molecule has 0 atom stereocenters. The van der Waals surface area contributed by atoms with Crippen LogP contribution < -0.4 is 10.6 Å². The number of nitrogens with one attached hydrogen (secondary N) is 2.